The molecule has 1 aliphatic rings. The molecule has 100 valence electrons. The van der Waals surface area contributed by atoms with E-state index < -0.39 is 6.04 Å². The van der Waals surface area contributed by atoms with Crippen LogP contribution in [0.25, 0.3) is 0 Å². The molecule has 1 saturated carbocycles. The van der Waals surface area contributed by atoms with Gasteiger partial charge >= 0.3 is 5.97 Å². The van der Waals surface area contributed by atoms with Gasteiger partial charge in [0.05, 0.1) is 7.11 Å². The lowest BCUT2D eigenvalue weighted by Crippen LogP contribution is -2.49. The molecule has 0 amide bonds. The molecule has 17 heavy (non-hydrogen) atoms. The number of hydrogen-bond donors (Lipinski definition) is 1. The maximum atomic E-state index is 11.6. The van der Waals surface area contributed by atoms with Crippen LogP contribution < -0.4 is 5.73 Å². The standard InChI is InChI=1S/C14H27NO2/c1-13(2)8-6-10(7-9-13)14(3,4)11(15)12(16)17-5/h10-11H,6-9,15H2,1-5H3. The number of nitrogens with two attached hydrogens (primary N) is 1. The van der Waals surface area contributed by atoms with E-state index in [0.717, 1.165) is 12.8 Å². The van der Waals surface area contributed by atoms with E-state index in [1.54, 1.807) is 0 Å². The van der Waals surface area contributed by atoms with Gasteiger partial charge < -0.3 is 10.5 Å². The Morgan fingerprint density at radius 2 is 1.82 bits per heavy atom. The van der Waals surface area contributed by atoms with Crippen LogP contribution in [0.4, 0.5) is 0 Å². The van der Waals surface area contributed by atoms with Gasteiger partial charge in [-0.3, -0.25) is 4.79 Å². The van der Waals surface area contributed by atoms with Gasteiger partial charge in [-0.15, -0.1) is 0 Å². The van der Waals surface area contributed by atoms with Crippen molar-refractivity contribution < 1.29 is 9.53 Å². The molecule has 1 atom stereocenters. The second kappa shape index (κ2) is 4.97. The third-order valence-corrected chi connectivity index (χ3v) is 4.65. The average Bonchev–Trinajstić information content (AvgIpc) is 2.26. The molecule has 3 nitrogen and oxygen atoms in total. The van der Waals surface area contributed by atoms with Gasteiger partial charge in [-0.1, -0.05) is 27.7 Å². The summed E-state index contributed by atoms with van der Waals surface area (Å²) < 4.78 is 4.77. The Morgan fingerprint density at radius 3 is 2.24 bits per heavy atom. The number of ether oxygens (including phenoxy) is 1. The molecule has 0 heterocycles. The second-order valence-electron chi connectivity index (χ2n) is 6.76. The summed E-state index contributed by atoms with van der Waals surface area (Å²) in [4.78, 5) is 11.6. The lowest BCUT2D eigenvalue weighted by atomic mass is 9.62. The molecule has 3 heteroatoms. The minimum Gasteiger partial charge on any atom is -0.468 e. The molecule has 1 unspecified atom stereocenters. The van der Waals surface area contributed by atoms with Crippen molar-refractivity contribution in [2.24, 2.45) is 22.5 Å². The fourth-order valence-corrected chi connectivity index (χ4v) is 2.83. The van der Waals surface area contributed by atoms with Gasteiger partial charge in [0.25, 0.3) is 0 Å². The first-order chi connectivity index (χ1) is 7.70. The van der Waals surface area contributed by atoms with Gasteiger partial charge in [0.2, 0.25) is 0 Å². The third-order valence-electron chi connectivity index (χ3n) is 4.65. The zero-order chi connectivity index (χ0) is 13.3. The van der Waals surface area contributed by atoms with E-state index in [4.69, 9.17) is 10.5 Å². The molecule has 0 aliphatic heterocycles. The highest BCUT2D eigenvalue weighted by Crippen LogP contribution is 2.46. The molecule has 0 aromatic rings. The fraction of sp³-hybridized carbons (Fsp3) is 0.929. The zero-order valence-electron chi connectivity index (χ0n) is 11.9. The lowest BCUT2D eigenvalue weighted by molar-refractivity contribution is -0.146. The molecule has 2 N–H and O–H groups in total. The predicted molar refractivity (Wildman–Crippen MR) is 69.5 cm³/mol. The molecule has 1 rings (SSSR count). The predicted octanol–water partition coefficient (Wildman–Crippen LogP) is 2.73. The van der Waals surface area contributed by atoms with Crippen LogP contribution in [0, 0.1) is 16.7 Å². The molecule has 0 bridgehead atoms. The summed E-state index contributed by atoms with van der Waals surface area (Å²) in [5.74, 6) is 0.226. The number of rotatable bonds is 3. The van der Waals surface area contributed by atoms with Crippen LogP contribution >= 0.6 is 0 Å². The van der Waals surface area contributed by atoms with E-state index in [2.05, 4.69) is 27.7 Å². The van der Waals surface area contributed by atoms with Crippen LogP contribution in [0.5, 0.6) is 0 Å². The Hall–Kier alpha value is -0.570. The summed E-state index contributed by atoms with van der Waals surface area (Å²) in [7, 11) is 1.41. The molecule has 0 aromatic heterocycles. The molecule has 1 fully saturated rings. The van der Waals surface area contributed by atoms with Gasteiger partial charge in [-0.05, 0) is 42.4 Å². The van der Waals surface area contributed by atoms with Crippen molar-refractivity contribution in [3.63, 3.8) is 0 Å². The van der Waals surface area contributed by atoms with Crippen LogP contribution in [0.1, 0.15) is 53.4 Å². The number of carbonyl (C=O) groups is 1. The normalized spacial score (nSPS) is 23.2. The van der Waals surface area contributed by atoms with Crippen LogP contribution in [0.15, 0.2) is 0 Å². The Labute approximate surface area is 105 Å². The maximum Gasteiger partial charge on any atom is 0.323 e. The summed E-state index contributed by atoms with van der Waals surface area (Å²) in [5.41, 5.74) is 6.30. The van der Waals surface area contributed by atoms with Crippen LogP contribution in [-0.4, -0.2) is 19.1 Å². The third kappa shape index (κ3) is 3.21. The SMILES string of the molecule is COC(=O)C(N)C(C)(C)C1CCC(C)(C)CC1. The van der Waals surface area contributed by atoms with Crippen LogP contribution in [-0.2, 0) is 9.53 Å². The van der Waals surface area contributed by atoms with E-state index in [0.29, 0.717) is 11.3 Å². The van der Waals surface area contributed by atoms with E-state index >= 15 is 0 Å². The summed E-state index contributed by atoms with van der Waals surface area (Å²) in [5, 5.41) is 0. The Morgan fingerprint density at radius 1 is 1.35 bits per heavy atom. The van der Waals surface area contributed by atoms with Gasteiger partial charge in [0.15, 0.2) is 0 Å². The number of hydrogen-bond acceptors (Lipinski definition) is 3. The number of esters is 1. The fourth-order valence-electron chi connectivity index (χ4n) is 2.83. The maximum absolute atomic E-state index is 11.6. The van der Waals surface area contributed by atoms with E-state index in [-0.39, 0.29) is 11.4 Å². The molecule has 0 aromatic carbocycles. The Kier molecular flexibility index (Phi) is 4.23. The summed E-state index contributed by atoms with van der Waals surface area (Å²) in [6, 6.07) is -0.515. The average molecular weight is 241 g/mol. The molecule has 0 radical (unpaired) electrons. The van der Waals surface area contributed by atoms with Gasteiger partial charge in [-0.2, -0.15) is 0 Å². The van der Waals surface area contributed by atoms with Gasteiger partial charge in [0.1, 0.15) is 6.04 Å². The Balaban J connectivity index is 2.68. The van der Waals surface area contributed by atoms with Crippen molar-refractivity contribution in [3.05, 3.63) is 0 Å². The van der Waals surface area contributed by atoms with Crippen molar-refractivity contribution in [2.45, 2.75) is 59.4 Å². The second-order valence-corrected chi connectivity index (χ2v) is 6.76. The molecule has 0 spiro atoms. The minimum absolute atomic E-state index is 0.177. The minimum atomic E-state index is -0.515. The molecule has 0 saturated heterocycles. The first-order valence-electron chi connectivity index (χ1n) is 6.54. The van der Waals surface area contributed by atoms with Gasteiger partial charge in [-0.25, -0.2) is 0 Å². The zero-order valence-corrected chi connectivity index (χ0v) is 11.9. The highest BCUT2D eigenvalue weighted by atomic mass is 16.5. The summed E-state index contributed by atoms with van der Waals surface area (Å²) in [6.45, 7) is 8.82. The smallest absolute Gasteiger partial charge is 0.323 e. The van der Waals surface area contributed by atoms with E-state index in [1.807, 2.05) is 0 Å². The van der Waals surface area contributed by atoms with Crippen molar-refractivity contribution in [3.8, 4) is 0 Å². The van der Waals surface area contributed by atoms with E-state index in [1.165, 1.54) is 20.0 Å². The van der Waals surface area contributed by atoms with Crippen LogP contribution in [0.3, 0.4) is 0 Å². The number of carbonyl (C=O) groups excluding carboxylic acids is 1. The molecular weight excluding hydrogens is 214 g/mol. The van der Waals surface area contributed by atoms with Crippen molar-refractivity contribution in [1.29, 1.82) is 0 Å². The molecular formula is C14H27NO2. The monoisotopic (exact) mass is 241 g/mol. The van der Waals surface area contributed by atoms with Crippen LogP contribution in [0.2, 0.25) is 0 Å². The largest absolute Gasteiger partial charge is 0.468 e. The Bertz CT molecular complexity index is 274. The van der Waals surface area contributed by atoms with E-state index in [9.17, 15) is 4.79 Å². The lowest BCUT2D eigenvalue weighted by Gasteiger charge is -2.44. The van der Waals surface area contributed by atoms with Crippen molar-refractivity contribution in [1.82, 2.24) is 0 Å². The first-order valence-corrected chi connectivity index (χ1v) is 6.54. The van der Waals surface area contributed by atoms with Crippen molar-refractivity contribution in [2.75, 3.05) is 7.11 Å². The van der Waals surface area contributed by atoms with Gasteiger partial charge in [0, 0.05) is 0 Å². The first kappa shape index (κ1) is 14.5. The summed E-state index contributed by atoms with van der Waals surface area (Å²) in [6.07, 6.45) is 4.75. The number of methoxy groups -OCH3 is 1. The quantitative estimate of drug-likeness (QED) is 0.773. The highest BCUT2D eigenvalue weighted by molar-refractivity contribution is 5.76. The summed E-state index contributed by atoms with van der Waals surface area (Å²) >= 11 is 0. The topological polar surface area (TPSA) is 52.3 Å². The highest BCUT2D eigenvalue weighted by Gasteiger charge is 2.42. The molecule has 1 aliphatic carbocycles. The van der Waals surface area contributed by atoms with Crippen molar-refractivity contribution >= 4 is 5.97 Å².